The molecule has 0 fully saturated rings. The van der Waals surface area contributed by atoms with Gasteiger partial charge in [0.05, 0.1) is 0 Å². The number of alkyl carbamates (subject to hydrolysis) is 1. The first kappa shape index (κ1) is 17.8. The van der Waals surface area contributed by atoms with Gasteiger partial charge in [0, 0.05) is 22.7 Å². The van der Waals surface area contributed by atoms with Crippen LogP contribution in [0.3, 0.4) is 0 Å². The summed E-state index contributed by atoms with van der Waals surface area (Å²) in [6, 6.07) is 14.6. The highest BCUT2D eigenvalue weighted by atomic mass is 35.5. The maximum absolute atomic E-state index is 11.6. The Bertz CT molecular complexity index is 714. The average Bonchev–Trinajstić information content (AvgIpc) is 2.61. The van der Waals surface area contributed by atoms with Gasteiger partial charge in [0.25, 0.3) is 0 Å². The van der Waals surface area contributed by atoms with Gasteiger partial charge in [-0.25, -0.2) is 4.79 Å². The SMILES string of the molecule is O=Cc1cccc(Cl)c1C=CCCNC(=O)OCc1ccccc1. The molecule has 2 aromatic carbocycles. The molecule has 0 unspecified atom stereocenters. The van der Waals surface area contributed by atoms with Crippen molar-refractivity contribution in [3.05, 3.63) is 76.3 Å². The fourth-order valence-electron chi connectivity index (χ4n) is 2.07. The Labute approximate surface area is 146 Å². The van der Waals surface area contributed by atoms with Crippen molar-refractivity contribution in [3.8, 4) is 0 Å². The van der Waals surface area contributed by atoms with Crippen molar-refractivity contribution in [1.82, 2.24) is 5.32 Å². The summed E-state index contributed by atoms with van der Waals surface area (Å²) >= 11 is 6.07. The van der Waals surface area contributed by atoms with E-state index in [4.69, 9.17) is 16.3 Å². The summed E-state index contributed by atoms with van der Waals surface area (Å²) in [5.74, 6) is 0. The van der Waals surface area contributed by atoms with Gasteiger partial charge in [0.2, 0.25) is 0 Å². The Morgan fingerprint density at radius 1 is 1.12 bits per heavy atom. The zero-order valence-corrected chi connectivity index (χ0v) is 13.8. The van der Waals surface area contributed by atoms with E-state index in [0.717, 1.165) is 11.8 Å². The van der Waals surface area contributed by atoms with Gasteiger partial charge in [-0.05, 0) is 18.1 Å². The largest absolute Gasteiger partial charge is 0.445 e. The number of aldehydes is 1. The first-order valence-electron chi connectivity index (χ1n) is 7.55. The number of amides is 1. The third-order valence-corrected chi connectivity index (χ3v) is 3.62. The van der Waals surface area contributed by atoms with Crippen LogP contribution in [0.1, 0.15) is 27.9 Å². The molecule has 124 valence electrons. The molecule has 0 aliphatic carbocycles. The van der Waals surface area contributed by atoms with E-state index >= 15 is 0 Å². The van der Waals surface area contributed by atoms with Crippen LogP contribution in [0.25, 0.3) is 6.08 Å². The molecule has 0 aromatic heterocycles. The molecule has 2 aromatic rings. The van der Waals surface area contributed by atoms with E-state index in [-0.39, 0.29) is 6.61 Å². The highest BCUT2D eigenvalue weighted by Crippen LogP contribution is 2.20. The zero-order chi connectivity index (χ0) is 17.2. The minimum Gasteiger partial charge on any atom is -0.445 e. The summed E-state index contributed by atoms with van der Waals surface area (Å²) in [5, 5.41) is 3.19. The molecule has 1 N–H and O–H groups in total. The topological polar surface area (TPSA) is 55.4 Å². The number of carbonyl (C=O) groups excluding carboxylic acids is 2. The van der Waals surface area contributed by atoms with E-state index in [9.17, 15) is 9.59 Å². The van der Waals surface area contributed by atoms with E-state index in [2.05, 4.69) is 5.32 Å². The monoisotopic (exact) mass is 343 g/mol. The number of ether oxygens (including phenoxy) is 1. The first-order valence-corrected chi connectivity index (χ1v) is 7.93. The third kappa shape index (κ3) is 5.56. The molecule has 0 aliphatic rings. The second kappa shape index (κ2) is 9.53. The Morgan fingerprint density at radius 2 is 1.92 bits per heavy atom. The molecule has 0 heterocycles. The van der Waals surface area contributed by atoms with Crippen molar-refractivity contribution in [1.29, 1.82) is 0 Å². The molecule has 0 spiro atoms. The van der Waals surface area contributed by atoms with Crippen molar-refractivity contribution < 1.29 is 14.3 Å². The molecule has 24 heavy (non-hydrogen) atoms. The Kier molecular flexibility index (Phi) is 7.05. The fourth-order valence-corrected chi connectivity index (χ4v) is 2.31. The standard InChI is InChI=1S/C19H18ClNO3/c20-18-11-6-9-16(13-22)17(18)10-4-5-12-21-19(23)24-14-15-7-2-1-3-8-15/h1-4,6-11,13H,5,12,14H2,(H,21,23). The second-order valence-corrected chi connectivity index (χ2v) is 5.45. The lowest BCUT2D eigenvalue weighted by atomic mass is 10.1. The molecular weight excluding hydrogens is 326 g/mol. The van der Waals surface area contributed by atoms with Crippen LogP contribution in [0.2, 0.25) is 5.02 Å². The Morgan fingerprint density at radius 3 is 2.67 bits per heavy atom. The molecule has 0 saturated heterocycles. The minimum atomic E-state index is -0.460. The van der Waals surface area contributed by atoms with Gasteiger partial charge in [0.1, 0.15) is 6.61 Å². The number of rotatable bonds is 7. The number of halogens is 1. The molecular formula is C19H18ClNO3. The molecule has 0 bridgehead atoms. The van der Waals surface area contributed by atoms with E-state index in [1.54, 1.807) is 24.3 Å². The van der Waals surface area contributed by atoms with Crippen LogP contribution in [0.4, 0.5) is 4.79 Å². The summed E-state index contributed by atoms with van der Waals surface area (Å²) in [5.41, 5.74) is 2.16. The quantitative estimate of drug-likeness (QED) is 0.595. The predicted octanol–water partition coefficient (Wildman–Crippen LogP) is 4.48. The van der Waals surface area contributed by atoms with E-state index in [1.165, 1.54) is 0 Å². The van der Waals surface area contributed by atoms with Crippen LogP contribution in [-0.4, -0.2) is 18.9 Å². The van der Waals surface area contributed by atoms with E-state index in [1.807, 2.05) is 36.4 Å². The molecule has 0 atom stereocenters. The Hall–Kier alpha value is -2.59. The second-order valence-electron chi connectivity index (χ2n) is 5.04. The lowest BCUT2D eigenvalue weighted by Gasteiger charge is -2.06. The smallest absolute Gasteiger partial charge is 0.407 e. The minimum absolute atomic E-state index is 0.241. The van der Waals surface area contributed by atoms with E-state index < -0.39 is 6.09 Å². The van der Waals surface area contributed by atoms with Gasteiger partial charge in [-0.3, -0.25) is 4.79 Å². The van der Waals surface area contributed by atoms with Gasteiger partial charge in [-0.2, -0.15) is 0 Å². The predicted molar refractivity (Wildman–Crippen MR) is 95.1 cm³/mol. The van der Waals surface area contributed by atoms with Crippen molar-refractivity contribution in [3.63, 3.8) is 0 Å². The maximum Gasteiger partial charge on any atom is 0.407 e. The summed E-state index contributed by atoms with van der Waals surface area (Å²) in [6.45, 7) is 0.676. The third-order valence-electron chi connectivity index (χ3n) is 3.29. The van der Waals surface area contributed by atoms with Crippen LogP contribution in [0.5, 0.6) is 0 Å². The molecule has 0 saturated carbocycles. The Balaban J connectivity index is 1.73. The molecule has 1 amide bonds. The van der Waals surface area contributed by atoms with Crippen LogP contribution in [0, 0.1) is 0 Å². The highest BCUT2D eigenvalue weighted by Gasteiger charge is 2.03. The summed E-state index contributed by atoms with van der Waals surface area (Å²) < 4.78 is 5.11. The molecule has 5 heteroatoms. The van der Waals surface area contributed by atoms with Crippen molar-refractivity contribution in [2.75, 3.05) is 6.54 Å². The van der Waals surface area contributed by atoms with Crippen LogP contribution < -0.4 is 5.32 Å². The molecule has 4 nitrogen and oxygen atoms in total. The number of nitrogens with one attached hydrogen (secondary N) is 1. The summed E-state index contributed by atoms with van der Waals surface area (Å²) in [7, 11) is 0. The van der Waals surface area contributed by atoms with Crippen molar-refractivity contribution in [2.45, 2.75) is 13.0 Å². The molecule has 0 aliphatic heterocycles. The number of benzene rings is 2. The van der Waals surface area contributed by atoms with Gasteiger partial charge < -0.3 is 10.1 Å². The van der Waals surface area contributed by atoms with Crippen LogP contribution >= 0.6 is 11.6 Å². The highest BCUT2D eigenvalue weighted by molar-refractivity contribution is 6.32. The van der Waals surface area contributed by atoms with Gasteiger partial charge in [-0.15, -0.1) is 0 Å². The van der Waals surface area contributed by atoms with Gasteiger partial charge in [-0.1, -0.05) is 66.2 Å². The van der Waals surface area contributed by atoms with Crippen molar-refractivity contribution in [2.24, 2.45) is 0 Å². The number of carbonyl (C=O) groups is 2. The van der Waals surface area contributed by atoms with Crippen LogP contribution in [-0.2, 0) is 11.3 Å². The summed E-state index contributed by atoms with van der Waals surface area (Å²) in [4.78, 5) is 22.6. The normalized spacial score (nSPS) is 10.5. The first-order chi connectivity index (χ1) is 11.7. The van der Waals surface area contributed by atoms with Gasteiger partial charge >= 0.3 is 6.09 Å². The molecule has 2 rings (SSSR count). The lowest BCUT2D eigenvalue weighted by Crippen LogP contribution is -2.24. The summed E-state index contributed by atoms with van der Waals surface area (Å²) in [6.07, 6.45) is 4.54. The molecule has 0 radical (unpaired) electrons. The average molecular weight is 344 g/mol. The van der Waals surface area contributed by atoms with Crippen LogP contribution in [0.15, 0.2) is 54.6 Å². The fraction of sp³-hybridized carbons (Fsp3) is 0.158. The van der Waals surface area contributed by atoms with Crippen molar-refractivity contribution >= 4 is 30.1 Å². The maximum atomic E-state index is 11.6. The number of hydrogen-bond acceptors (Lipinski definition) is 3. The number of hydrogen-bond donors (Lipinski definition) is 1. The zero-order valence-electron chi connectivity index (χ0n) is 13.1. The van der Waals surface area contributed by atoms with E-state index in [0.29, 0.717) is 29.1 Å². The van der Waals surface area contributed by atoms with Gasteiger partial charge in [0.15, 0.2) is 6.29 Å². The lowest BCUT2D eigenvalue weighted by molar-refractivity contribution is 0.112.